The summed E-state index contributed by atoms with van der Waals surface area (Å²) >= 11 is 0. The molecule has 0 radical (unpaired) electrons. The summed E-state index contributed by atoms with van der Waals surface area (Å²) in [6, 6.07) is 25.3. The molecule has 0 saturated carbocycles. The Labute approximate surface area is 186 Å². The van der Waals surface area contributed by atoms with E-state index in [2.05, 4.69) is 12.1 Å². The number of benzene rings is 3. The summed E-state index contributed by atoms with van der Waals surface area (Å²) in [4.78, 5) is 11.2. The van der Waals surface area contributed by atoms with Crippen LogP contribution in [0.5, 0.6) is 11.5 Å². The van der Waals surface area contributed by atoms with Crippen LogP contribution in [0.1, 0.15) is 11.1 Å². The fourth-order valence-electron chi connectivity index (χ4n) is 3.74. The molecule has 1 N–H and O–H groups in total. The Morgan fingerprint density at radius 3 is 2.25 bits per heavy atom. The molecule has 0 amide bonds. The van der Waals surface area contributed by atoms with Crippen molar-refractivity contribution in [3.8, 4) is 34.0 Å². The minimum atomic E-state index is -0.884. The normalized spacial score (nSPS) is 10.7. The number of ether oxygens (including phenoxy) is 2. The van der Waals surface area contributed by atoms with Gasteiger partial charge in [-0.3, -0.25) is 9.48 Å². The molecule has 0 aliphatic rings. The summed E-state index contributed by atoms with van der Waals surface area (Å²) in [6.45, 7) is 0.575. The van der Waals surface area contributed by atoms with Crippen molar-refractivity contribution in [3.63, 3.8) is 0 Å². The molecule has 6 heteroatoms. The average molecular weight is 428 g/mol. The minimum absolute atomic E-state index is 0.0684. The van der Waals surface area contributed by atoms with Crippen LogP contribution in [0.25, 0.3) is 22.5 Å². The number of carboxylic acid groups (broad SMARTS) is 1. The molecule has 0 fully saturated rings. The first-order valence-electron chi connectivity index (χ1n) is 10.2. The number of aliphatic carboxylic acids is 1. The lowest BCUT2D eigenvalue weighted by Crippen LogP contribution is -2.05. The van der Waals surface area contributed by atoms with E-state index in [0.29, 0.717) is 23.6 Å². The number of aromatic nitrogens is 2. The number of methoxy groups -OCH3 is 2. The third-order valence-corrected chi connectivity index (χ3v) is 5.23. The molecule has 162 valence electrons. The first-order chi connectivity index (χ1) is 15.6. The second-order valence-corrected chi connectivity index (χ2v) is 7.36. The molecule has 3 aromatic carbocycles. The van der Waals surface area contributed by atoms with E-state index in [4.69, 9.17) is 14.6 Å². The van der Waals surface area contributed by atoms with Gasteiger partial charge in [-0.05, 0) is 41.5 Å². The van der Waals surface area contributed by atoms with Crippen molar-refractivity contribution in [2.24, 2.45) is 0 Å². The lowest BCUT2D eigenvalue weighted by Gasteiger charge is -2.11. The summed E-state index contributed by atoms with van der Waals surface area (Å²) in [5.41, 5.74) is 5.06. The van der Waals surface area contributed by atoms with Gasteiger partial charge >= 0.3 is 5.97 Å². The van der Waals surface area contributed by atoms with Crippen molar-refractivity contribution in [3.05, 3.63) is 90.0 Å². The number of carbonyl (C=O) groups is 1. The molecule has 6 nitrogen and oxygen atoms in total. The van der Waals surface area contributed by atoms with Gasteiger partial charge in [-0.25, -0.2) is 0 Å². The fourth-order valence-corrected chi connectivity index (χ4v) is 3.74. The zero-order chi connectivity index (χ0) is 22.5. The lowest BCUT2D eigenvalue weighted by molar-refractivity contribution is -0.136. The maximum atomic E-state index is 11.2. The average Bonchev–Trinajstić information content (AvgIpc) is 3.22. The third kappa shape index (κ3) is 4.49. The van der Waals surface area contributed by atoms with E-state index >= 15 is 0 Å². The predicted molar refractivity (Wildman–Crippen MR) is 123 cm³/mol. The monoisotopic (exact) mass is 428 g/mol. The SMILES string of the molecule is COc1ccc(CC(=O)O)cc1-c1cc(-c2ccccc2OC)n(Cc2ccccc2)n1. The second kappa shape index (κ2) is 9.39. The molecule has 0 saturated heterocycles. The second-order valence-electron chi connectivity index (χ2n) is 7.36. The smallest absolute Gasteiger partial charge is 0.307 e. The first-order valence-corrected chi connectivity index (χ1v) is 10.2. The maximum absolute atomic E-state index is 11.2. The predicted octanol–water partition coefficient (Wildman–Crippen LogP) is 4.91. The van der Waals surface area contributed by atoms with Crippen LogP contribution in [-0.2, 0) is 17.8 Å². The van der Waals surface area contributed by atoms with Crippen LogP contribution in [0.15, 0.2) is 78.9 Å². The Morgan fingerprint density at radius 2 is 1.53 bits per heavy atom. The van der Waals surface area contributed by atoms with E-state index < -0.39 is 5.97 Å². The highest BCUT2D eigenvalue weighted by Gasteiger charge is 2.18. The van der Waals surface area contributed by atoms with E-state index in [1.807, 2.05) is 59.3 Å². The Balaban J connectivity index is 1.87. The summed E-state index contributed by atoms with van der Waals surface area (Å²) in [7, 11) is 3.24. The molecule has 0 spiro atoms. The van der Waals surface area contributed by atoms with Gasteiger partial charge in [-0.15, -0.1) is 0 Å². The molecule has 0 aliphatic heterocycles. The topological polar surface area (TPSA) is 73.6 Å². The van der Waals surface area contributed by atoms with Gasteiger partial charge in [0, 0.05) is 11.1 Å². The molecule has 4 aromatic rings. The van der Waals surface area contributed by atoms with Crippen molar-refractivity contribution in [2.75, 3.05) is 14.2 Å². The molecule has 4 rings (SSSR count). The number of hydrogen-bond acceptors (Lipinski definition) is 4. The van der Waals surface area contributed by atoms with Gasteiger partial charge in [0.15, 0.2) is 0 Å². The van der Waals surface area contributed by atoms with Crippen LogP contribution in [0.3, 0.4) is 0 Å². The van der Waals surface area contributed by atoms with E-state index in [9.17, 15) is 9.90 Å². The maximum Gasteiger partial charge on any atom is 0.307 e. The van der Waals surface area contributed by atoms with Crippen molar-refractivity contribution in [2.45, 2.75) is 13.0 Å². The largest absolute Gasteiger partial charge is 0.496 e. The Kier molecular flexibility index (Phi) is 6.22. The Bertz CT molecular complexity index is 1230. The van der Waals surface area contributed by atoms with E-state index in [1.54, 1.807) is 26.4 Å². The van der Waals surface area contributed by atoms with Gasteiger partial charge in [-0.2, -0.15) is 5.10 Å². The summed E-state index contributed by atoms with van der Waals surface area (Å²) in [6.07, 6.45) is -0.0684. The highest BCUT2D eigenvalue weighted by Crippen LogP contribution is 2.36. The fraction of sp³-hybridized carbons (Fsp3) is 0.154. The molecule has 0 unspecified atom stereocenters. The third-order valence-electron chi connectivity index (χ3n) is 5.23. The number of nitrogens with zero attached hydrogens (tertiary/aromatic N) is 2. The number of para-hydroxylation sites is 1. The van der Waals surface area contributed by atoms with Crippen molar-refractivity contribution >= 4 is 5.97 Å². The zero-order valence-corrected chi connectivity index (χ0v) is 18.0. The van der Waals surface area contributed by atoms with Crippen LogP contribution in [0, 0.1) is 0 Å². The molecule has 1 aromatic heterocycles. The number of hydrogen-bond donors (Lipinski definition) is 1. The van der Waals surface area contributed by atoms with Gasteiger partial charge in [0.05, 0.1) is 38.6 Å². The molecule has 32 heavy (non-hydrogen) atoms. The summed E-state index contributed by atoms with van der Waals surface area (Å²) in [5.74, 6) is 0.500. The van der Waals surface area contributed by atoms with Gasteiger partial charge in [-0.1, -0.05) is 48.5 Å². The molecular formula is C26H24N2O4. The van der Waals surface area contributed by atoms with Gasteiger partial charge in [0.1, 0.15) is 11.5 Å². The van der Waals surface area contributed by atoms with E-state index in [0.717, 1.165) is 28.1 Å². The van der Waals surface area contributed by atoms with Crippen molar-refractivity contribution in [1.29, 1.82) is 0 Å². The molecule has 0 atom stereocenters. The summed E-state index contributed by atoms with van der Waals surface area (Å²) in [5, 5.41) is 14.1. The number of rotatable bonds is 8. The van der Waals surface area contributed by atoms with Gasteiger partial charge in [0.25, 0.3) is 0 Å². The zero-order valence-electron chi connectivity index (χ0n) is 18.0. The highest BCUT2D eigenvalue weighted by atomic mass is 16.5. The van der Waals surface area contributed by atoms with Gasteiger partial charge in [0.2, 0.25) is 0 Å². The van der Waals surface area contributed by atoms with E-state index in [1.165, 1.54) is 0 Å². The Morgan fingerprint density at radius 1 is 0.844 bits per heavy atom. The molecule has 0 bridgehead atoms. The summed E-state index contributed by atoms with van der Waals surface area (Å²) < 4.78 is 13.1. The highest BCUT2D eigenvalue weighted by molar-refractivity contribution is 5.77. The first kappa shape index (κ1) is 21.2. The van der Waals surface area contributed by atoms with E-state index in [-0.39, 0.29) is 6.42 Å². The molecule has 1 heterocycles. The van der Waals surface area contributed by atoms with Crippen LogP contribution >= 0.6 is 0 Å². The minimum Gasteiger partial charge on any atom is -0.496 e. The van der Waals surface area contributed by atoms with Crippen molar-refractivity contribution < 1.29 is 19.4 Å². The molecule has 0 aliphatic carbocycles. The van der Waals surface area contributed by atoms with Gasteiger partial charge < -0.3 is 14.6 Å². The Hall–Kier alpha value is -4.06. The quantitative estimate of drug-likeness (QED) is 0.432. The molecular weight excluding hydrogens is 404 g/mol. The lowest BCUT2D eigenvalue weighted by atomic mass is 10.0. The van der Waals surface area contributed by atoms with Crippen LogP contribution < -0.4 is 9.47 Å². The number of carboxylic acids is 1. The standard InChI is InChI=1S/C26H24N2O4/c1-31-24-11-7-6-10-20(24)23-16-22(27-28(23)17-18-8-4-3-5-9-18)21-14-19(15-26(29)30)12-13-25(21)32-2/h3-14,16H,15,17H2,1-2H3,(H,29,30). The van der Waals surface area contributed by atoms with Crippen LogP contribution in [0.4, 0.5) is 0 Å². The van der Waals surface area contributed by atoms with Crippen molar-refractivity contribution in [1.82, 2.24) is 9.78 Å². The van der Waals surface area contributed by atoms with Crippen LogP contribution in [-0.4, -0.2) is 35.1 Å². The van der Waals surface area contributed by atoms with Crippen LogP contribution in [0.2, 0.25) is 0 Å².